The SMILES string of the molecule is C=C1C2=CCC3[C@H](CO[Si](C)(C)C(C)(C)C)[C@@]2(C[C@H]1O[Si](C)(C)C(C)(C)C)O[C@]3(C)CBr. The molecule has 6 heteroatoms. The maximum Gasteiger partial charge on any atom is 0.192 e. The van der Waals surface area contributed by atoms with E-state index in [1.54, 1.807) is 0 Å². The average molecular weight is 544 g/mol. The standard InChI is InChI=1S/C26H47BrO3Si2/c1-18-19-13-14-20-21(16-28-31(9,10)23(2,3)4)26(19,30-25(20,8)17-27)15-22(18)29-32(11,12)24(5,6)7/h13,20-22H,1,14-17H2,2-12H3/t20?,21-,22+,25+,26-/m0/s1. The monoisotopic (exact) mass is 542 g/mol. The molecule has 1 heterocycles. The van der Waals surface area contributed by atoms with Crippen molar-refractivity contribution in [1.82, 2.24) is 0 Å². The Morgan fingerprint density at radius 2 is 1.66 bits per heavy atom. The summed E-state index contributed by atoms with van der Waals surface area (Å²) in [6, 6.07) is 0. The number of rotatable bonds is 6. The van der Waals surface area contributed by atoms with Crippen molar-refractivity contribution in [2.45, 2.75) is 115 Å². The molecule has 3 rings (SSSR count). The van der Waals surface area contributed by atoms with Crippen LogP contribution in [0.5, 0.6) is 0 Å². The molecule has 1 spiro atoms. The Labute approximate surface area is 208 Å². The van der Waals surface area contributed by atoms with Crippen molar-refractivity contribution in [2.75, 3.05) is 11.9 Å². The minimum absolute atomic E-state index is 0.0361. The summed E-state index contributed by atoms with van der Waals surface area (Å²) in [4.78, 5) is 0. The van der Waals surface area contributed by atoms with Crippen LogP contribution in [0.15, 0.2) is 23.8 Å². The number of alkyl halides is 1. The van der Waals surface area contributed by atoms with E-state index in [1.165, 1.54) is 5.57 Å². The highest BCUT2D eigenvalue weighted by Gasteiger charge is 2.67. The summed E-state index contributed by atoms with van der Waals surface area (Å²) >= 11 is 3.79. The topological polar surface area (TPSA) is 27.7 Å². The zero-order valence-corrected chi connectivity index (χ0v) is 26.0. The maximum absolute atomic E-state index is 7.09. The van der Waals surface area contributed by atoms with Crippen molar-refractivity contribution < 1.29 is 13.6 Å². The molecule has 0 aromatic heterocycles. The first-order valence-corrected chi connectivity index (χ1v) is 19.2. The molecule has 0 N–H and O–H groups in total. The summed E-state index contributed by atoms with van der Waals surface area (Å²) in [5, 5.41) is 1.20. The van der Waals surface area contributed by atoms with Crippen LogP contribution in [0, 0.1) is 11.8 Å². The molecule has 184 valence electrons. The molecule has 1 unspecified atom stereocenters. The van der Waals surface area contributed by atoms with Crippen LogP contribution in [0.25, 0.3) is 0 Å². The summed E-state index contributed by atoms with van der Waals surface area (Å²) in [5.41, 5.74) is 1.90. The van der Waals surface area contributed by atoms with Gasteiger partial charge in [0.2, 0.25) is 0 Å². The van der Waals surface area contributed by atoms with E-state index in [4.69, 9.17) is 13.6 Å². The summed E-state index contributed by atoms with van der Waals surface area (Å²) < 4.78 is 20.9. The van der Waals surface area contributed by atoms with Crippen LogP contribution in [0.2, 0.25) is 36.3 Å². The molecule has 1 aliphatic heterocycles. The lowest BCUT2D eigenvalue weighted by Crippen LogP contribution is -2.47. The van der Waals surface area contributed by atoms with E-state index in [0.29, 0.717) is 11.8 Å². The number of hydrogen-bond donors (Lipinski definition) is 0. The summed E-state index contributed by atoms with van der Waals surface area (Å²) in [7, 11) is -3.78. The third-order valence-corrected chi connectivity index (χ3v) is 19.6. The fourth-order valence-electron chi connectivity index (χ4n) is 5.22. The van der Waals surface area contributed by atoms with Crippen LogP contribution in [-0.2, 0) is 13.6 Å². The van der Waals surface area contributed by atoms with Crippen LogP contribution in [0.1, 0.15) is 61.3 Å². The van der Waals surface area contributed by atoms with E-state index >= 15 is 0 Å². The second kappa shape index (κ2) is 8.16. The van der Waals surface area contributed by atoms with Crippen molar-refractivity contribution in [3.63, 3.8) is 0 Å². The Kier molecular flexibility index (Phi) is 6.85. The van der Waals surface area contributed by atoms with Crippen molar-refractivity contribution in [2.24, 2.45) is 11.8 Å². The fraction of sp³-hybridized carbons (Fsp3) is 0.846. The fourth-order valence-corrected chi connectivity index (χ4v) is 8.07. The Hall–Kier alpha value is 0.274. The van der Waals surface area contributed by atoms with Crippen molar-refractivity contribution >= 4 is 32.6 Å². The predicted molar refractivity (Wildman–Crippen MR) is 145 cm³/mol. The lowest BCUT2D eigenvalue weighted by atomic mass is 9.69. The van der Waals surface area contributed by atoms with Crippen LogP contribution >= 0.6 is 15.9 Å². The molecule has 2 bridgehead atoms. The molecule has 32 heavy (non-hydrogen) atoms. The number of allylic oxidation sites excluding steroid dienone is 1. The minimum atomic E-state index is -1.92. The number of ether oxygens (including phenoxy) is 1. The zero-order valence-electron chi connectivity index (χ0n) is 22.4. The van der Waals surface area contributed by atoms with Crippen molar-refractivity contribution in [3.05, 3.63) is 23.8 Å². The first-order chi connectivity index (χ1) is 14.3. The molecule has 2 fully saturated rings. The van der Waals surface area contributed by atoms with Gasteiger partial charge in [-0.15, -0.1) is 0 Å². The Bertz CT molecular complexity index is 792. The molecule has 5 atom stereocenters. The zero-order chi connectivity index (χ0) is 24.5. The number of halogens is 1. The van der Waals surface area contributed by atoms with Gasteiger partial charge in [-0.3, -0.25) is 0 Å². The van der Waals surface area contributed by atoms with Gasteiger partial charge < -0.3 is 13.6 Å². The van der Waals surface area contributed by atoms with E-state index in [2.05, 4.69) is 103 Å². The van der Waals surface area contributed by atoms with Crippen LogP contribution in [-0.4, -0.2) is 45.9 Å². The third kappa shape index (κ3) is 4.23. The molecule has 1 saturated heterocycles. The second-order valence-corrected chi connectivity index (χ2v) is 23.8. The van der Waals surface area contributed by atoms with Crippen molar-refractivity contribution in [3.8, 4) is 0 Å². The third-order valence-electron chi connectivity index (χ3n) is 9.48. The molecule has 3 nitrogen and oxygen atoms in total. The highest BCUT2D eigenvalue weighted by Crippen LogP contribution is 2.63. The average Bonchev–Trinajstić information content (AvgIpc) is 2.96. The second-order valence-electron chi connectivity index (χ2n) is 13.7. The molecular formula is C26H47BrO3Si2. The Balaban J connectivity index is 1.95. The van der Waals surface area contributed by atoms with Crippen LogP contribution in [0.3, 0.4) is 0 Å². The first-order valence-electron chi connectivity index (χ1n) is 12.3. The van der Waals surface area contributed by atoms with E-state index in [9.17, 15) is 0 Å². The first kappa shape index (κ1) is 26.9. The van der Waals surface area contributed by atoms with Crippen molar-refractivity contribution in [1.29, 1.82) is 0 Å². The lowest BCUT2D eigenvalue weighted by molar-refractivity contribution is -0.0798. The molecule has 1 saturated carbocycles. The quantitative estimate of drug-likeness (QED) is 0.252. The molecule has 0 amide bonds. The largest absolute Gasteiger partial charge is 0.416 e. The molecule has 2 aliphatic carbocycles. The van der Waals surface area contributed by atoms with E-state index in [-0.39, 0.29) is 27.4 Å². The maximum atomic E-state index is 7.09. The smallest absolute Gasteiger partial charge is 0.192 e. The summed E-state index contributed by atoms with van der Waals surface area (Å²) in [6.45, 7) is 30.9. The Morgan fingerprint density at radius 3 is 2.16 bits per heavy atom. The Morgan fingerprint density at radius 1 is 1.09 bits per heavy atom. The van der Waals surface area contributed by atoms with Crippen LogP contribution in [0.4, 0.5) is 0 Å². The predicted octanol–water partition coefficient (Wildman–Crippen LogP) is 7.84. The van der Waals surface area contributed by atoms with Gasteiger partial charge in [0.15, 0.2) is 16.6 Å². The number of fused-ring (bicyclic) bond motifs is 1. The molecule has 0 aromatic carbocycles. The van der Waals surface area contributed by atoms with Gasteiger partial charge in [0.1, 0.15) is 5.60 Å². The summed E-state index contributed by atoms with van der Waals surface area (Å²) in [6.07, 6.45) is 4.35. The van der Waals surface area contributed by atoms with Gasteiger partial charge in [0, 0.05) is 30.2 Å². The molecular weight excluding hydrogens is 496 g/mol. The van der Waals surface area contributed by atoms with Gasteiger partial charge in [-0.1, -0.05) is 70.1 Å². The molecule has 0 aromatic rings. The van der Waals surface area contributed by atoms with Gasteiger partial charge in [-0.2, -0.15) is 0 Å². The summed E-state index contributed by atoms with van der Waals surface area (Å²) in [5.74, 6) is 0.777. The minimum Gasteiger partial charge on any atom is -0.416 e. The van der Waals surface area contributed by atoms with Gasteiger partial charge in [-0.25, -0.2) is 0 Å². The van der Waals surface area contributed by atoms with Gasteiger partial charge in [0.05, 0.1) is 11.7 Å². The van der Waals surface area contributed by atoms with Gasteiger partial charge >= 0.3 is 0 Å². The van der Waals surface area contributed by atoms with Crippen LogP contribution < -0.4 is 0 Å². The highest BCUT2D eigenvalue weighted by molar-refractivity contribution is 9.09. The van der Waals surface area contributed by atoms with Gasteiger partial charge in [-0.05, 0) is 60.8 Å². The van der Waals surface area contributed by atoms with E-state index < -0.39 is 16.6 Å². The highest BCUT2D eigenvalue weighted by atomic mass is 79.9. The lowest BCUT2D eigenvalue weighted by Gasteiger charge is -2.41. The van der Waals surface area contributed by atoms with Gasteiger partial charge in [0.25, 0.3) is 0 Å². The number of hydrogen-bond acceptors (Lipinski definition) is 3. The van der Waals surface area contributed by atoms with E-state index in [1.807, 2.05) is 0 Å². The van der Waals surface area contributed by atoms with E-state index in [0.717, 1.165) is 30.4 Å². The molecule has 0 radical (unpaired) electrons. The normalized spacial score (nSPS) is 35.8. The molecule has 3 aliphatic rings.